The smallest absolute Gasteiger partial charge is 0.364 e. The number of carboxylic acids is 1. The number of unbranched alkanes of at least 4 members (excludes halogenated alkanes) is 2. The molecule has 0 radical (unpaired) electrons. The lowest BCUT2D eigenvalue weighted by Crippen LogP contribution is -2.71. The third-order valence-electron chi connectivity index (χ3n) is 4.79. The monoisotopic (exact) mass is 381 g/mol. The van der Waals surface area contributed by atoms with Gasteiger partial charge in [-0.2, -0.15) is 0 Å². The number of ether oxygens (including phenoxy) is 1. The maximum atomic E-state index is 11.7. The molecule has 26 heavy (non-hydrogen) atoms. The van der Waals surface area contributed by atoms with Crippen molar-refractivity contribution in [3.63, 3.8) is 0 Å². The fourth-order valence-electron chi connectivity index (χ4n) is 3.31. The Morgan fingerprint density at radius 1 is 1.27 bits per heavy atom. The first kappa shape index (κ1) is 23.2. The number of hydrogen-bond donors (Lipinski definition) is 8. The zero-order valence-electron chi connectivity index (χ0n) is 14.9. The Labute approximate surface area is 152 Å². The molecule has 0 aromatic heterocycles. The van der Waals surface area contributed by atoms with Crippen molar-refractivity contribution in [2.24, 2.45) is 5.92 Å². The quantitative estimate of drug-likeness (QED) is 0.177. The van der Waals surface area contributed by atoms with Crippen LogP contribution in [-0.2, 0) is 9.53 Å². The van der Waals surface area contributed by atoms with Gasteiger partial charge in [-0.1, -0.05) is 26.2 Å². The minimum Gasteiger partial charge on any atom is -0.477 e. The zero-order valence-corrected chi connectivity index (χ0v) is 14.9. The van der Waals surface area contributed by atoms with Crippen LogP contribution in [0, 0.1) is 5.92 Å². The lowest BCUT2D eigenvalue weighted by molar-refractivity contribution is -0.321. The molecule has 154 valence electrons. The third-order valence-corrected chi connectivity index (χ3v) is 4.79. The van der Waals surface area contributed by atoms with Gasteiger partial charge < -0.3 is 45.8 Å². The van der Waals surface area contributed by atoms with Crippen LogP contribution >= 0.6 is 0 Å². The molecule has 0 aromatic carbocycles. The van der Waals surface area contributed by atoms with E-state index < -0.39 is 54.7 Å². The van der Waals surface area contributed by atoms with E-state index >= 15 is 0 Å². The van der Waals surface area contributed by atoms with Crippen LogP contribution in [0.2, 0.25) is 0 Å². The molecular weight excluding hydrogens is 350 g/mol. The van der Waals surface area contributed by atoms with Gasteiger partial charge in [0, 0.05) is 6.54 Å². The summed E-state index contributed by atoms with van der Waals surface area (Å²) in [5, 5.41) is 71.4. The molecule has 10 nitrogen and oxygen atoms in total. The second kappa shape index (κ2) is 10.5. The average Bonchev–Trinajstić information content (AvgIpc) is 2.61. The number of aliphatic carboxylic acids is 1. The summed E-state index contributed by atoms with van der Waals surface area (Å²) in [5.41, 5.74) is 0. The van der Waals surface area contributed by atoms with Crippen LogP contribution in [0.1, 0.15) is 32.6 Å². The predicted molar refractivity (Wildman–Crippen MR) is 89.1 cm³/mol. The van der Waals surface area contributed by atoms with Crippen LogP contribution in [0.5, 0.6) is 0 Å². The Bertz CT molecular complexity index is 438. The molecule has 1 fully saturated rings. The number of rotatable bonds is 11. The molecule has 0 bridgehead atoms. The molecule has 0 aromatic rings. The van der Waals surface area contributed by atoms with E-state index in [1.165, 1.54) is 0 Å². The van der Waals surface area contributed by atoms with Crippen LogP contribution in [0.25, 0.3) is 0 Å². The van der Waals surface area contributed by atoms with Gasteiger partial charge in [-0.15, -0.1) is 0 Å². The maximum absolute atomic E-state index is 11.7. The summed E-state index contributed by atoms with van der Waals surface area (Å²) in [5.74, 6) is -5.66. The lowest BCUT2D eigenvalue weighted by Gasteiger charge is -2.49. The molecule has 8 N–H and O–H groups in total. The number of nitrogens with one attached hydrogen (secondary N) is 1. The highest BCUT2D eigenvalue weighted by Crippen LogP contribution is 2.38. The zero-order chi connectivity index (χ0) is 19.9. The Balaban J connectivity index is 3.17. The Hall–Kier alpha value is -0.850. The first-order chi connectivity index (χ1) is 12.2. The SMILES string of the molecule is CCCCCC1[C@H](O)[C@@H](NCCO)[C@H]([C@H](O)[C@H](O)CO)OC1(O)C(=O)O. The van der Waals surface area contributed by atoms with Gasteiger partial charge in [0.05, 0.1) is 31.3 Å². The molecule has 1 aliphatic heterocycles. The van der Waals surface area contributed by atoms with Gasteiger partial charge in [0.1, 0.15) is 18.3 Å². The molecule has 1 aliphatic rings. The fourth-order valence-corrected chi connectivity index (χ4v) is 3.31. The molecule has 1 heterocycles. The lowest BCUT2D eigenvalue weighted by atomic mass is 9.78. The minimum atomic E-state index is -2.76. The number of hydrogen-bond acceptors (Lipinski definition) is 9. The van der Waals surface area contributed by atoms with E-state index in [2.05, 4.69) is 5.32 Å². The molecule has 10 heteroatoms. The van der Waals surface area contributed by atoms with Gasteiger partial charge in [-0.3, -0.25) is 0 Å². The van der Waals surface area contributed by atoms with Gasteiger partial charge in [0.25, 0.3) is 5.79 Å². The summed E-state index contributed by atoms with van der Waals surface area (Å²) in [6.07, 6.45) is -4.06. The largest absolute Gasteiger partial charge is 0.477 e. The van der Waals surface area contributed by atoms with E-state index in [-0.39, 0.29) is 19.6 Å². The van der Waals surface area contributed by atoms with E-state index in [1.54, 1.807) is 0 Å². The van der Waals surface area contributed by atoms with Crippen molar-refractivity contribution in [2.45, 2.75) is 68.9 Å². The van der Waals surface area contributed by atoms with E-state index in [9.17, 15) is 30.3 Å². The van der Waals surface area contributed by atoms with Crippen LogP contribution in [-0.4, -0.2) is 97.7 Å². The summed E-state index contributed by atoms with van der Waals surface area (Å²) >= 11 is 0. The highest BCUT2D eigenvalue weighted by atomic mass is 16.7. The molecule has 1 rings (SSSR count). The Morgan fingerprint density at radius 2 is 1.92 bits per heavy atom. The average molecular weight is 381 g/mol. The summed E-state index contributed by atoms with van der Waals surface area (Å²) in [7, 11) is 0. The highest BCUT2D eigenvalue weighted by Gasteiger charge is 2.59. The van der Waals surface area contributed by atoms with E-state index in [1.807, 2.05) is 6.92 Å². The van der Waals surface area contributed by atoms with Gasteiger partial charge in [-0.25, -0.2) is 4.79 Å². The fraction of sp³-hybridized carbons (Fsp3) is 0.938. The molecular formula is C16H31NO9. The third kappa shape index (κ3) is 5.11. The molecule has 0 amide bonds. The summed E-state index contributed by atoms with van der Waals surface area (Å²) in [6, 6.07) is -1.07. The van der Waals surface area contributed by atoms with Crippen LogP contribution in [0.4, 0.5) is 0 Å². The predicted octanol–water partition coefficient (Wildman–Crippen LogP) is -2.62. The topological polar surface area (TPSA) is 180 Å². The van der Waals surface area contributed by atoms with E-state index in [4.69, 9.17) is 14.9 Å². The molecule has 1 saturated heterocycles. The first-order valence-electron chi connectivity index (χ1n) is 8.87. The van der Waals surface area contributed by atoms with Gasteiger partial charge in [0.15, 0.2) is 0 Å². The van der Waals surface area contributed by atoms with Crippen LogP contribution in [0.3, 0.4) is 0 Å². The second-order valence-corrected chi connectivity index (χ2v) is 6.62. The number of aliphatic hydroxyl groups excluding tert-OH is 5. The van der Waals surface area contributed by atoms with E-state index in [0.717, 1.165) is 12.8 Å². The van der Waals surface area contributed by atoms with Crippen molar-refractivity contribution >= 4 is 5.97 Å². The molecule has 0 saturated carbocycles. The summed E-state index contributed by atoms with van der Waals surface area (Å²) < 4.78 is 5.27. The minimum absolute atomic E-state index is 0.0106. The van der Waals surface area contributed by atoms with Gasteiger partial charge in [0.2, 0.25) is 0 Å². The van der Waals surface area contributed by atoms with Crippen molar-refractivity contribution < 1.29 is 45.3 Å². The first-order valence-corrected chi connectivity index (χ1v) is 8.87. The summed E-state index contributed by atoms with van der Waals surface area (Å²) in [6.45, 7) is 0.843. The molecule has 2 unspecified atom stereocenters. The van der Waals surface area contributed by atoms with Crippen LogP contribution < -0.4 is 5.32 Å². The van der Waals surface area contributed by atoms with Crippen molar-refractivity contribution in [1.82, 2.24) is 5.32 Å². The number of carbonyl (C=O) groups is 1. The second-order valence-electron chi connectivity index (χ2n) is 6.62. The maximum Gasteiger partial charge on any atom is 0.364 e. The number of carboxylic acid groups (broad SMARTS) is 1. The molecule has 0 spiro atoms. The molecule has 0 aliphatic carbocycles. The molecule has 7 atom stereocenters. The Kier molecular flexibility index (Phi) is 9.34. The Morgan fingerprint density at radius 3 is 2.42 bits per heavy atom. The normalized spacial score (nSPS) is 34.4. The van der Waals surface area contributed by atoms with Crippen molar-refractivity contribution in [1.29, 1.82) is 0 Å². The van der Waals surface area contributed by atoms with Gasteiger partial charge >= 0.3 is 5.97 Å². The van der Waals surface area contributed by atoms with Gasteiger partial charge in [-0.05, 0) is 6.42 Å². The summed E-state index contributed by atoms with van der Waals surface area (Å²) in [4.78, 5) is 11.7. The van der Waals surface area contributed by atoms with Crippen molar-refractivity contribution in [3.8, 4) is 0 Å². The highest BCUT2D eigenvalue weighted by molar-refractivity contribution is 5.76. The van der Waals surface area contributed by atoms with Crippen molar-refractivity contribution in [2.75, 3.05) is 19.8 Å². The standard InChI is InChI=1S/C16H31NO9/c1-2-3-4-5-9-12(21)11(17-6-7-18)14(13(22)10(20)8-19)26-16(9,25)15(23)24/h9-14,17-22,25H,2-8H2,1H3,(H,23,24)/t9?,10-,11-,12+,13-,14-,16?/m1/s1. The van der Waals surface area contributed by atoms with E-state index in [0.29, 0.717) is 6.42 Å². The number of aliphatic hydroxyl groups is 6. The van der Waals surface area contributed by atoms with Crippen molar-refractivity contribution in [3.05, 3.63) is 0 Å². The van der Waals surface area contributed by atoms with Crippen LogP contribution in [0.15, 0.2) is 0 Å².